The lowest BCUT2D eigenvalue weighted by atomic mass is 10.1. The van der Waals surface area contributed by atoms with Crippen LogP contribution in [-0.2, 0) is 13.6 Å². The van der Waals surface area contributed by atoms with Crippen molar-refractivity contribution in [3.63, 3.8) is 0 Å². The summed E-state index contributed by atoms with van der Waals surface area (Å²) in [5, 5.41) is 3.51. The molecule has 1 atom stereocenters. The molecule has 0 bridgehead atoms. The lowest BCUT2D eigenvalue weighted by molar-refractivity contribution is 0.465. The van der Waals surface area contributed by atoms with Gasteiger partial charge in [0.1, 0.15) is 0 Å². The topological polar surface area (TPSA) is 32.6 Å². The SMILES string of the molecule is CN(Cc1cccn1C)C1=NCC(c2ccccc2)N1. The Morgan fingerprint density at radius 1 is 1.25 bits per heavy atom. The van der Waals surface area contributed by atoms with E-state index in [9.17, 15) is 0 Å². The smallest absolute Gasteiger partial charge is 0.194 e. The summed E-state index contributed by atoms with van der Waals surface area (Å²) in [6.07, 6.45) is 2.07. The van der Waals surface area contributed by atoms with Gasteiger partial charge in [0.25, 0.3) is 0 Å². The maximum absolute atomic E-state index is 4.63. The van der Waals surface area contributed by atoms with Crippen molar-refractivity contribution in [3.8, 4) is 0 Å². The number of aryl methyl sites for hydroxylation is 1. The molecular weight excluding hydrogens is 248 g/mol. The summed E-state index contributed by atoms with van der Waals surface area (Å²) >= 11 is 0. The Kier molecular flexibility index (Phi) is 3.46. The Morgan fingerprint density at radius 2 is 2.05 bits per heavy atom. The molecular formula is C16H20N4. The number of benzene rings is 1. The Bertz CT molecular complexity index is 600. The second-order valence-electron chi connectivity index (χ2n) is 5.24. The van der Waals surface area contributed by atoms with Crippen LogP contribution in [0.4, 0.5) is 0 Å². The zero-order chi connectivity index (χ0) is 13.9. The van der Waals surface area contributed by atoms with Gasteiger partial charge in [0.05, 0.1) is 19.1 Å². The maximum Gasteiger partial charge on any atom is 0.194 e. The van der Waals surface area contributed by atoms with Crippen LogP contribution in [0.2, 0.25) is 0 Å². The van der Waals surface area contributed by atoms with Gasteiger partial charge in [-0.2, -0.15) is 0 Å². The molecule has 0 amide bonds. The molecule has 0 fully saturated rings. The minimum absolute atomic E-state index is 0.294. The number of aromatic nitrogens is 1. The number of guanidine groups is 1. The van der Waals surface area contributed by atoms with Crippen molar-refractivity contribution in [2.45, 2.75) is 12.6 Å². The van der Waals surface area contributed by atoms with E-state index in [0.29, 0.717) is 6.04 Å². The van der Waals surface area contributed by atoms with Crippen LogP contribution in [0.5, 0.6) is 0 Å². The molecule has 104 valence electrons. The van der Waals surface area contributed by atoms with Gasteiger partial charge < -0.3 is 14.8 Å². The maximum atomic E-state index is 4.63. The second-order valence-corrected chi connectivity index (χ2v) is 5.24. The normalized spacial score (nSPS) is 17.7. The highest BCUT2D eigenvalue weighted by atomic mass is 15.3. The van der Waals surface area contributed by atoms with Gasteiger partial charge in [0, 0.05) is 26.0 Å². The predicted octanol–water partition coefficient (Wildman–Crippen LogP) is 2.16. The van der Waals surface area contributed by atoms with Crippen LogP contribution < -0.4 is 5.32 Å². The van der Waals surface area contributed by atoms with Crippen LogP contribution in [0, 0.1) is 0 Å². The summed E-state index contributed by atoms with van der Waals surface area (Å²) in [6, 6.07) is 15.0. The summed E-state index contributed by atoms with van der Waals surface area (Å²) in [4.78, 5) is 6.79. The van der Waals surface area contributed by atoms with Crippen molar-refractivity contribution in [1.29, 1.82) is 0 Å². The van der Waals surface area contributed by atoms with Crippen LogP contribution in [-0.4, -0.2) is 29.0 Å². The van der Waals surface area contributed by atoms with Gasteiger partial charge in [-0.25, -0.2) is 0 Å². The summed E-state index contributed by atoms with van der Waals surface area (Å²) in [6.45, 7) is 1.66. The molecule has 2 heterocycles. The minimum Gasteiger partial charge on any atom is -0.353 e. The molecule has 20 heavy (non-hydrogen) atoms. The second kappa shape index (κ2) is 5.41. The van der Waals surface area contributed by atoms with E-state index < -0.39 is 0 Å². The van der Waals surface area contributed by atoms with E-state index in [1.165, 1.54) is 11.3 Å². The molecule has 0 spiro atoms. The number of hydrogen-bond donors (Lipinski definition) is 1. The lowest BCUT2D eigenvalue weighted by Gasteiger charge is -2.21. The van der Waals surface area contributed by atoms with E-state index in [4.69, 9.17) is 0 Å². The van der Waals surface area contributed by atoms with Crippen molar-refractivity contribution >= 4 is 5.96 Å². The zero-order valence-electron chi connectivity index (χ0n) is 12.0. The molecule has 1 aliphatic rings. The molecule has 1 aromatic heterocycles. The summed E-state index contributed by atoms with van der Waals surface area (Å²) in [5.41, 5.74) is 2.57. The number of rotatable bonds is 3. The quantitative estimate of drug-likeness (QED) is 0.925. The molecule has 0 radical (unpaired) electrons. The third-order valence-electron chi connectivity index (χ3n) is 3.74. The fourth-order valence-corrected chi connectivity index (χ4v) is 2.51. The van der Waals surface area contributed by atoms with Crippen molar-refractivity contribution in [2.24, 2.45) is 12.0 Å². The van der Waals surface area contributed by atoms with Crippen molar-refractivity contribution in [1.82, 2.24) is 14.8 Å². The number of nitrogens with one attached hydrogen (secondary N) is 1. The van der Waals surface area contributed by atoms with E-state index >= 15 is 0 Å². The van der Waals surface area contributed by atoms with E-state index in [2.05, 4.69) is 76.5 Å². The first-order chi connectivity index (χ1) is 9.74. The van der Waals surface area contributed by atoms with Crippen molar-refractivity contribution in [3.05, 3.63) is 59.9 Å². The first-order valence-electron chi connectivity index (χ1n) is 6.91. The number of hydrogen-bond acceptors (Lipinski definition) is 3. The fourth-order valence-electron chi connectivity index (χ4n) is 2.51. The molecule has 1 N–H and O–H groups in total. The van der Waals surface area contributed by atoms with E-state index in [1.807, 2.05) is 6.07 Å². The molecule has 1 unspecified atom stereocenters. The average molecular weight is 268 g/mol. The Morgan fingerprint density at radius 3 is 2.75 bits per heavy atom. The first-order valence-corrected chi connectivity index (χ1v) is 6.91. The van der Waals surface area contributed by atoms with Crippen LogP contribution in [0.15, 0.2) is 53.7 Å². The molecule has 3 rings (SSSR count). The molecule has 2 aromatic rings. The highest BCUT2D eigenvalue weighted by Crippen LogP contribution is 2.18. The Labute approximate surface area is 119 Å². The average Bonchev–Trinajstić information content (AvgIpc) is 3.10. The van der Waals surface area contributed by atoms with Crippen LogP contribution in [0.3, 0.4) is 0 Å². The van der Waals surface area contributed by atoms with Crippen LogP contribution in [0.1, 0.15) is 17.3 Å². The summed E-state index contributed by atoms with van der Waals surface area (Å²) in [7, 11) is 4.14. The number of nitrogens with zero attached hydrogens (tertiary/aromatic N) is 3. The van der Waals surface area contributed by atoms with E-state index in [0.717, 1.165) is 19.0 Å². The number of aliphatic imine (C=N–C) groups is 1. The highest BCUT2D eigenvalue weighted by molar-refractivity contribution is 5.81. The Hall–Kier alpha value is -2.23. The molecule has 1 aromatic carbocycles. The third-order valence-corrected chi connectivity index (χ3v) is 3.74. The van der Waals surface area contributed by atoms with Crippen LogP contribution >= 0.6 is 0 Å². The van der Waals surface area contributed by atoms with Crippen LogP contribution in [0.25, 0.3) is 0 Å². The van der Waals surface area contributed by atoms with Crippen molar-refractivity contribution in [2.75, 3.05) is 13.6 Å². The monoisotopic (exact) mass is 268 g/mol. The van der Waals surface area contributed by atoms with Crippen molar-refractivity contribution < 1.29 is 0 Å². The highest BCUT2D eigenvalue weighted by Gasteiger charge is 2.21. The molecule has 0 saturated carbocycles. The summed E-state index contributed by atoms with van der Waals surface area (Å²) < 4.78 is 2.14. The summed E-state index contributed by atoms with van der Waals surface area (Å²) in [5.74, 6) is 0.972. The molecule has 1 aliphatic heterocycles. The lowest BCUT2D eigenvalue weighted by Crippen LogP contribution is -2.36. The van der Waals surface area contributed by atoms with Gasteiger partial charge in [-0.15, -0.1) is 0 Å². The molecule has 0 aliphatic carbocycles. The standard InChI is InChI=1S/C16H20N4/c1-19-10-6-9-14(19)12-20(2)16-17-11-15(18-16)13-7-4-3-5-8-13/h3-10,15H,11-12H2,1-2H3,(H,17,18). The zero-order valence-corrected chi connectivity index (χ0v) is 12.0. The third kappa shape index (κ3) is 2.54. The minimum atomic E-state index is 0.294. The van der Waals surface area contributed by atoms with Gasteiger partial charge in [-0.3, -0.25) is 4.99 Å². The van der Waals surface area contributed by atoms with E-state index in [1.54, 1.807) is 0 Å². The molecule has 0 saturated heterocycles. The van der Waals surface area contributed by atoms with Gasteiger partial charge in [-0.1, -0.05) is 30.3 Å². The molecule has 4 nitrogen and oxygen atoms in total. The van der Waals surface area contributed by atoms with Gasteiger partial charge in [0.15, 0.2) is 5.96 Å². The largest absolute Gasteiger partial charge is 0.353 e. The van der Waals surface area contributed by atoms with Gasteiger partial charge in [-0.05, 0) is 17.7 Å². The first kappa shape index (κ1) is 12.8. The fraction of sp³-hybridized carbons (Fsp3) is 0.312. The Balaban J connectivity index is 1.63. The molecule has 4 heteroatoms. The van der Waals surface area contributed by atoms with E-state index in [-0.39, 0.29) is 0 Å². The predicted molar refractivity (Wildman–Crippen MR) is 81.5 cm³/mol. The van der Waals surface area contributed by atoms with Gasteiger partial charge in [0.2, 0.25) is 0 Å². The van der Waals surface area contributed by atoms with Gasteiger partial charge >= 0.3 is 0 Å².